The molecule has 0 bridgehead atoms. The van der Waals surface area contributed by atoms with Gasteiger partial charge in [-0.25, -0.2) is 0 Å². The molecular formula is C16H25ClN2. The van der Waals surface area contributed by atoms with Crippen molar-refractivity contribution in [3.8, 4) is 0 Å². The van der Waals surface area contributed by atoms with Gasteiger partial charge in [0.1, 0.15) is 0 Å². The molecule has 1 aromatic carbocycles. The Morgan fingerprint density at radius 3 is 2.32 bits per heavy atom. The van der Waals surface area contributed by atoms with Crippen LogP contribution in [0.5, 0.6) is 0 Å². The molecule has 2 N–H and O–H groups in total. The molecule has 0 saturated heterocycles. The number of nitrogens with two attached hydrogens (primary N) is 1. The predicted octanol–water partition coefficient (Wildman–Crippen LogP) is 3.85. The van der Waals surface area contributed by atoms with Crippen LogP contribution in [0.1, 0.15) is 45.2 Å². The van der Waals surface area contributed by atoms with Gasteiger partial charge >= 0.3 is 0 Å². The lowest BCUT2D eigenvalue weighted by Gasteiger charge is -2.46. The van der Waals surface area contributed by atoms with E-state index >= 15 is 0 Å². The quantitative estimate of drug-likeness (QED) is 0.888. The molecule has 0 radical (unpaired) electrons. The second-order valence-corrected chi connectivity index (χ2v) is 6.81. The van der Waals surface area contributed by atoms with E-state index in [-0.39, 0.29) is 5.54 Å². The van der Waals surface area contributed by atoms with E-state index in [1.807, 2.05) is 12.1 Å². The second-order valence-electron chi connectivity index (χ2n) is 6.38. The molecule has 19 heavy (non-hydrogen) atoms. The molecule has 0 spiro atoms. The summed E-state index contributed by atoms with van der Waals surface area (Å²) in [6, 6.07) is 8.47. The van der Waals surface area contributed by atoms with Crippen molar-refractivity contribution in [2.75, 3.05) is 13.6 Å². The molecule has 2 nitrogen and oxygen atoms in total. The van der Waals surface area contributed by atoms with E-state index in [4.69, 9.17) is 17.3 Å². The lowest BCUT2D eigenvalue weighted by atomic mass is 9.81. The number of nitrogens with zero attached hydrogens (tertiary/aromatic N) is 1. The summed E-state index contributed by atoms with van der Waals surface area (Å²) in [6.45, 7) is 7.58. The average Bonchev–Trinajstić information content (AvgIpc) is 3.16. The number of hydrogen-bond acceptors (Lipinski definition) is 2. The lowest BCUT2D eigenvalue weighted by molar-refractivity contribution is 0.0397. The first-order chi connectivity index (χ1) is 8.84. The maximum Gasteiger partial charge on any atom is 0.0406 e. The summed E-state index contributed by atoms with van der Waals surface area (Å²) in [6.07, 6.45) is 2.55. The van der Waals surface area contributed by atoms with E-state index in [0.717, 1.165) is 5.02 Å². The third-order valence-corrected chi connectivity index (χ3v) is 5.66. The minimum Gasteiger partial charge on any atom is -0.329 e. The van der Waals surface area contributed by atoms with Crippen LogP contribution in [0.15, 0.2) is 24.3 Å². The summed E-state index contributed by atoms with van der Waals surface area (Å²) >= 11 is 5.96. The van der Waals surface area contributed by atoms with Gasteiger partial charge < -0.3 is 5.73 Å². The first-order valence-corrected chi connectivity index (χ1v) is 7.40. The number of benzene rings is 1. The first kappa shape index (κ1) is 14.8. The van der Waals surface area contributed by atoms with Gasteiger partial charge in [0.15, 0.2) is 0 Å². The average molecular weight is 281 g/mol. The maximum absolute atomic E-state index is 6.11. The van der Waals surface area contributed by atoms with Gasteiger partial charge in [0, 0.05) is 23.1 Å². The van der Waals surface area contributed by atoms with Crippen molar-refractivity contribution in [2.45, 2.75) is 45.2 Å². The molecule has 1 aliphatic carbocycles. The predicted molar refractivity (Wildman–Crippen MR) is 82.4 cm³/mol. The molecule has 0 heterocycles. The van der Waals surface area contributed by atoms with Gasteiger partial charge in [0.2, 0.25) is 0 Å². The van der Waals surface area contributed by atoms with Crippen LogP contribution in [0.3, 0.4) is 0 Å². The summed E-state index contributed by atoms with van der Waals surface area (Å²) in [5.41, 5.74) is 7.81. The monoisotopic (exact) mass is 280 g/mol. The highest BCUT2D eigenvalue weighted by Gasteiger charge is 2.54. The Hall–Kier alpha value is -0.570. The summed E-state index contributed by atoms with van der Waals surface area (Å²) in [7, 11) is 2.19. The van der Waals surface area contributed by atoms with Crippen LogP contribution in [0.25, 0.3) is 0 Å². The Kier molecular flexibility index (Phi) is 3.97. The van der Waals surface area contributed by atoms with Crippen molar-refractivity contribution in [3.63, 3.8) is 0 Å². The Bertz CT molecular complexity index is 439. The molecule has 2 unspecified atom stereocenters. The molecule has 0 amide bonds. The largest absolute Gasteiger partial charge is 0.329 e. The molecular weight excluding hydrogens is 256 g/mol. The van der Waals surface area contributed by atoms with Gasteiger partial charge in [-0.1, -0.05) is 30.7 Å². The van der Waals surface area contributed by atoms with E-state index < -0.39 is 0 Å². The van der Waals surface area contributed by atoms with Crippen LogP contribution < -0.4 is 5.73 Å². The van der Waals surface area contributed by atoms with E-state index in [1.54, 1.807) is 0 Å². The van der Waals surface area contributed by atoms with Crippen LogP contribution in [0.4, 0.5) is 0 Å². The van der Waals surface area contributed by atoms with Gasteiger partial charge in [-0.3, -0.25) is 4.90 Å². The van der Waals surface area contributed by atoms with Crippen molar-refractivity contribution in [1.82, 2.24) is 4.90 Å². The molecule has 1 saturated carbocycles. The van der Waals surface area contributed by atoms with Crippen molar-refractivity contribution >= 4 is 11.6 Å². The van der Waals surface area contributed by atoms with Crippen LogP contribution in [-0.4, -0.2) is 24.0 Å². The number of rotatable bonds is 5. The Balaban J connectivity index is 2.22. The van der Waals surface area contributed by atoms with Crippen molar-refractivity contribution in [2.24, 2.45) is 11.1 Å². The van der Waals surface area contributed by atoms with Crippen LogP contribution in [0, 0.1) is 5.41 Å². The zero-order valence-corrected chi connectivity index (χ0v) is 13.2. The zero-order valence-electron chi connectivity index (χ0n) is 12.4. The van der Waals surface area contributed by atoms with Gasteiger partial charge in [-0.15, -0.1) is 0 Å². The topological polar surface area (TPSA) is 29.3 Å². The molecule has 1 aromatic rings. The maximum atomic E-state index is 6.11. The molecule has 2 atom stereocenters. The van der Waals surface area contributed by atoms with Crippen LogP contribution >= 0.6 is 11.6 Å². The van der Waals surface area contributed by atoms with Crippen molar-refractivity contribution in [3.05, 3.63) is 34.9 Å². The Morgan fingerprint density at radius 2 is 1.89 bits per heavy atom. The highest BCUT2D eigenvalue weighted by atomic mass is 35.5. The Labute approximate surface area is 121 Å². The summed E-state index contributed by atoms with van der Waals surface area (Å²) < 4.78 is 0. The van der Waals surface area contributed by atoms with Gasteiger partial charge in [-0.2, -0.15) is 0 Å². The highest BCUT2D eigenvalue weighted by molar-refractivity contribution is 6.30. The fourth-order valence-electron chi connectivity index (χ4n) is 2.93. The van der Waals surface area contributed by atoms with E-state index in [9.17, 15) is 0 Å². The van der Waals surface area contributed by atoms with E-state index in [2.05, 4.69) is 44.9 Å². The zero-order chi connectivity index (χ0) is 14.3. The van der Waals surface area contributed by atoms with Gasteiger partial charge in [0.05, 0.1) is 0 Å². The molecule has 2 rings (SSSR count). The molecule has 0 aromatic heterocycles. The standard InChI is InChI=1S/C16H25ClN2/c1-12(13-5-7-14(17)8-6-13)19(4)16(3,11-18)15(2)9-10-15/h5-8,12H,9-11,18H2,1-4H3. The third-order valence-electron chi connectivity index (χ3n) is 5.41. The summed E-state index contributed by atoms with van der Waals surface area (Å²) in [4.78, 5) is 2.43. The normalized spacial score (nSPS) is 22.1. The minimum absolute atomic E-state index is 0.0477. The summed E-state index contributed by atoms with van der Waals surface area (Å²) in [5, 5.41) is 0.786. The van der Waals surface area contributed by atoms with E-state index in [0.29, 0.717) is 18.0 Å². The summed E-state index contributed by atoms with van der Waals surface area (Å²) in [5.74, 6) is 0. The Morgan fingerprint density at radius 1 is 1.37 bits per heavy atom. The molecule has 106 valence electrons. The molecule has 3 heteroatoms. The van der Waals surface area contributed by atoms with E-state index in [1.165, 1.54) is 18.4 Å². The number of likely N-dealkylation sites (N-methyl/N-ethyl adjacent to an activating group) is 1. The van der Waals surface area contributed by atoms with Crippen molar-refractivity contribution < 1.29 is 0 Å². The van der Waals surface area contributed by atoms with Gasteiger partial charge in [-0.05, 0) is 56.8 Å². The number of halogens is 1. The van der Waals surface area contributed by atoms with Crippen molar-refractivity contribution in [1.29, 1.82) is 0 Å². The smallest absolute Gasteiger partial charge is 0.0406 e. The fourth-order valence-corrected chi connectivity index (χ4v) is 3.06. The SMILES string of the molecule is CC(c1ccc(Cl)cc1)N(C)C(C)(CN)C1(C)CC1. The fraction of sp³-hybridized carbons (Fsp3) is 0.625. The molecule has 1 aliphatic rings. The highest BCUT2D eigenvalue weighted by Crippen LogP contribution is 2.56. The van der Waals surface area contributed by atoms with Crippen LogP contribution in [-0.2, 0) is 0 Å². The first-order valence-electron chi connectivity index (χ1n) is 7.02. The second kappa shape index (κ2) is 5.08. The molecule has 1 fully saturated rings. The number of hydrogen-bond donors (Lipinski definition) is 1. The van der Waals surface area contributed by atoms with Crippen LogP contribution in [0.2, 0.25) is 5.02 Å². The molecule has 0 aliphatic heterocycles. The lowest BCUT2D eigenvalue weighted by Crippen LogP contribution is -2.56. The minimum atomic E-state index is 0.0477. The van der Waals surface area contributed by atoms with Gasteiger partial charge in [0.25, 0.3) is 0 Å². The third kappa shape index (κ3) is 2.54.